The quantitative estimate of drug-likeness (QED) is 0.866. The third-order valence-electron chi connectivity index (χ3n) is 3.67. The van der Waals surface area contributed by atoms with Gasteiger partial charge in [0.05, 0.1) is 19.3 Å². The van der Waals surface area contributed by atoms with Crippen molar-refractivity contribution in [1.82, 2.24) is 0 Å². The SMILES string of the molecule is CCOc1ccc(NC(=O)C2(N)CCCC2)cc1OC. The van der Waals surface area contributed by atoms with Gasteiger partial charge < -0.3 is 20.5 Å². The maximum Gasteiger partial charge on any atom is 0.244 e. The van der Waals surface area contributed by atoms with Crippen molar-refractivity contribution in [3.8, 4) is 11.5 Å². The van der Waals surface area contributed by atoms with Gasteiger partial charge in [0.1, 0.15) is 0 Å². The molecule has 0 heterocycles. The lowest BCUT2D eigenvalue weighted by Gasteiger charge is -2.22. The van der Waals surface area contributed by atoms with E-state index in [9.17, 15) is 4.79 Å². The lowest BCUT2D eigenvalue weighted by Crippen LogP contribution is -2.48. The van der Waals surface area contributed by atoms with Gasteiger partial charge in [-0.05, 0) is 31.9 Å². The zero-order valence-electron chi connectivity index (χ0n) is 12.1. The van der Waals surface area contributed by atoms with Gasteiger partial charge in [0, 0.05) is 11.8 Å². The van der Waals surface area contributed by atoms with Gasteiger partial charge in [0.15, 0.2) is 11.5 Å². The fourth-order valence-corrected chi connectivity index (χ4v) is 2.51. The van der Waals surface area contributed by atoms with Crippen molar-refractivity contribution in [1.29, 1.82) is 0 Å². The van der Waals surface area contributed by atoms with Gasteiger partial charge in [0.2, 0.25) is 5.91 Å². The summed E-state index contributed by atoms with van der Waals surface area (Å²) >= 11 is 0. The number of benzene rings is 1. The monoisotopic (exact) mass is 278 g/mol. The van der Waals surface area contributed by atoms with Crippen LogP contribution in [-0.4, -0.2) is 25.2 Å². The molecular formula is C15H22N2O3. The van der Waals surface area contributed by atoms with Crippen LogP contribution in [0.2, 0.25) is 0 Å². The number of rotatable bonds is 5. The molecule has 0 spiro atoms. The predicted molar refractivity (Wildman–Crippen MR) is 78.2 cm³/mol. The highest BCUT2D eigenvalue weighted by molar-refractivity contribution is 5.98. The fraction of sp³-hybridized carbons (Fsp3) is 0.533. The molecule has 0 bridgehead atoms. The van der Waals surface area contributed by atoms with E-state index in [-0.39, 0.29) is 5.91 Å². The summed E-state index contributed by atoms with van der Waals surface area (Å²) in [4.78, 5) is 12.2. The zero-order chi connectivity index (χ0) is 14.6. The van der Waals surface area contributed by atoms with Crippen LogP contribution in [-0.2, 0) is 4.79 Å². The maximum atomic E-state index is 12.2. The minimum Gasteiger partial charge on any atom is -0.493 e. The summed E-state index contributed by atoms with van der Waals surface area (Å²) in [6, 6.07) is 5.33. The first-order valence-electron chi connectivity index (χ1n) is 7.00. The Morgan fingerprint density at radius 1 is 1.35 bits per heavy atom. The summed E-state index contributed by atoms with van der Waals surface area (Å²) in [6.45, 7) is 2.47. The topological polar surface area (TPSA) is 73.6 Å². The molecule has 1 fully saturated rings. The first kappa shape index (κ1) is 14.7. The molecule has 20 heavy (non-hydrogen) atoms. The van der Waals surface area contributed by atoms with Crippen LogP contribution >= 0.6 is 0 Å². The minimum atomic E-state index is -0.730. The summed E-state index contributed by atoms with van der Waals surface area (Å²) < 4.78 is 10.7. The molecule has 1 aliphatic rings. The number of anilines is 1. The van der Waals surface area contributed by atoms with Crippen LogP contribution in [0.3, 0.4) is 0 Å². The molecule has 0 radical (unpaired) electrons. The van der Waals surface area contributed by atoms with Crippen molar-refractivity contribution >= 4 is 11.6 Å². The summed E-state index contributed by atoms with van der Waals surface area (Å²) in [5.74, 6) is 1.14. The molecule has 110 valence electrons. The van der Waals surface area contributed by atoms with Crippen molar-refractivity contribution < 1.29 is 14.3 Å². The van der Waals surface area contributed by atoms with Gasteiger partial charge in [0.25, 0.3) is 0 Å². The van der Waals surface area contributed by atoms with E-state index in [0.29, 0.717) is 23.8 Å². The Labute approximate surface area is 119 Å². The first-order valence-corrected chi connectivity index (χ1v) is 7.00. The average Bonchev–Trinajstić information content (AvgIpc) is 2.89. The van der Waals surface area contributed by atoms with Gasteiger partial charge in [-0.2, -0.15) is 0 Å². The lowest BCUT2D eigenvalue weighted by molar-refractivity contribution is -0.121. The molecule has 0 saturated heterocycles. The van der Waals surface area contributed by atoms with E-state index in [1.54, 1.807) is 25.3 Å². The van der Waals surface area contributed by atoms with E-state index < -0.39 is 5.54 Å². The molecule has 0 aliphatic heterocycles. The summed E-state index contributed by atoms with van der Waals surface area (Å²) in [5.41, 5.74) is 6.07. The highest BCUT2D eigenvalue weighted by Gasteiger charge is 2.37. The van der Waals surface area contributed by atoms with Crippen molar-refractivity contribution in [2.24, 2.45) is 5.73 Å². The highest BCUT2D eigenvalue weighted by atomic mass is 16.5. The number of ether oxygens (including phenoxy) is 2. The molecular weight excluding hydrogens is 256 g/mol. The second kappa shape index (κ2) is 6.13. The van der Waals surface area contributed by atoms with E-state index in [0.717, 1.165) is 25.7 Å². The van der Waals surface area contributed by atoms with Crippen LogP contribution in [0.4, 0.5) is 5.69 Å². The number of nitrogens with two attached hydrogens (primary N) is 1. The van der Waals surface area contributed by atoms with E-state index in [4.69, 9.17) is 15.2 Å². The fourth-order valence-electron chi connectivity index (χ4n) is 2.51. The van der Waals surface area contributed by atoms with Crippen LogP contribution in [0, 0.1) is 0 Å². The van der Waals surface area contributed by atoms with Gasteiger partial charge in [-0.15, -0.1) is 0 Å². The lowest BCUT2D eigenvalue weighted by atomic mass is 9.98. The third-order valence-corrected chi connectivity index (χ3v) is 3.67. The molecule has 1 saturated carbocycles. The van der Waals surface area contributed by atoms with Gasteiger partial charge in [-0.1, -0.05) is 12.8 Å². The number of amides is 1. The molecule has 1 aromatic carbocycles. The van der Waals surface area contributed by atoms with Gasteiger partial charge in [-0.25, -0.2) is 0 Å². The predicted octanol–water partition coefficient (Wildman–Crippen LogP) is 2.30. The van der Waals surface area contributed by atoms with Gasteiger partial charge in [-0.3, -0.25) is 4.79 Å². The molecule has 1 amide bonds. The Bertz CT molecular complexity index is 482. The molecule has 1 aromatic rings. The van der Waals surface area contributed by atoms with E-state index in [1.807, 2.05) is 6.92 Å². The van der Waals surface area contributed by atoms with Crippen LogP contribution < -0.4 is 20.5 Å². The number of hydrogen-bond acceptors (Lipinski definition) is 4. The molecule has 0 atom stereocenters. The maximum absolute atomic E-state index is 12.2. The number of nitrogens with one attached hydrogen (secondary N) is 1. The summed E-state index contributed by atoms with van der Waals surface area (Å²) in [6.07, 6.45) is 3.51. The standard InChI is InChI=1S/C15H22N2O3/c1-3-20-12-7-6-11(10-13(12)19-2)17-14(18)15(16)8-4-5-9-15/h6-7,10H,3-5,8-9,16H2,1-2H3,(H,17,18). The van der Waals surface area contributed by atoms with Crippen LogP contribution in [0.1, 0.15) is 32.6 Å². The summed E-state index contributed by atoms with van der Waals surface area (Å²) in [5, 5.41) is 2.87. The van der Waals surface area contributed by atoms with E-state index in [2.05, 4.69) is 5.32 Å². The number of carbonyl (C=O) groups excluding carboxylic acids is 1. The molecule has 2 rings (SSSR count). The molecule has 3 N–H and O–H groups in total. The van der Waals surface area contributed by atoms with E-state index >= 15 is 0 Å². The smallest absolute Gasteiger partial charge is 0.244 e. The third kappa shape index (κ3) is 3.04. The minimum absolute atomic E-state index is 0.124. The highest BCUT2D eigenvalue weighted by Crippen LogP contribution is 2.32. The van der Waals surface area contributed by atoms with E-state index in [1.165, 1.54) is 0 Å². The molecule has 5 heteroatoms. The molecule has 5 nitrogen and oxygen atoms in total. The number of methoxy groups -OCH3 is 1. The van der Waals surface area contributed by atoms with Crippen LogP contribution in [0.15, 0.2) is 18.2 Å². The van der Waals surface area contributed by atoms with Crippen molar-refractivity contribution in [2.45, 2.75) is 38.1 Å². The number of hydrogen-bond donors (Lipinski definition) is 2. The van der Waals surface area contributed by atoms with Crippen molar-refractivity contribution in [3.63, 3.8) is 0 Å². The molecule has 0 aromatic heterocycles. The Morgan fingerprint density at radius 2 is 2.05 bits per heavy atom. The Morgan fingerprint density at radius 3 is 2.65 bits per heavy atom. The largest absolute Gasteiger partial charge is 0.493 e. The van der Waals surface area contributed by atoms with Gasteiger partial charge >= 0.3 is 0 Å². The van der Waals surface area contributed by atoms with Crippen molar-refractivity contribution in [2.75, 3.05) is 19.0 Å². The van der Waals surface area contributed by atoms with Crippen molar-refractivity contribution in [3.05, 3.63) is 18.2 Å². The van der Waals surface area contributed by atoms with Crippen LogP contribution in [0.5, 0.6) is 11.5 Å². The Balaban J connectivity index is 2.11. The Kier molecular flexibility index (Phi) is 4.49. The molecule has 0 unspecified atom stereocenters. The van der Waals surface area contributed by atoms with Crippen LogP contribution in [0.25, 0.3) is 0 Å². The average molecular weight is 278 g/mol. The Hall–Kier alpha value is -1.75. The normalized spacial score (nSPS) is 16.8. The zero-order valence-corrected chi connectivity index (χ0v) is 12.1. The second-order valence-corrected chi connectivity index (χ2v) is 5.12. The number of carbonyl (C=O) groups is 1. The summed E-state index contributed by atoms with van der Waals surface area (Å²) in [7, 11) is 1.57. The molecule has 1 aliphatic carbocycles. The first-order chi connectivity index (χ1) is 9.59. The second-order valence-electron chi connectivity index (χ2n) is 5.12.